The van der Waals surface area contributed by atoms with Crippen LogP contribution in [-0.2, 0) is 22.7 Å². The van der Waals surface area contributed by atoms with Gasteiger partial charge in [-0.2, -0.15) is 0 Å². The molecule has 0 unspecified atom stereocenters. The Balaban J connectivity index is 1.28. The third-order valence-electron chi connectivity index (χ3n) is 6.99. The van der Waals surface area contributed by atoms with Crippen molar-refractivity contribution in [2.75, 3.05) is 19.7 Å². The lowest BCUT2D eigenvalue weighted by molar-refractivity contribution is -0.0313. The third kappa shape index (κ3) is 4.25. The molecule has 1 N–H and O–H groups in total. The van der Waals surface area contributed by atoms with Crippen LogP contribution in [0.15, 0.2) is 72.8 Å². The van der Waals surface area contributed by atoms with Gasteiger partial charge in [-0.3, -0.25) is 0 Å². The van der Waals surface area contributed by atoms with Gasteiger partial charge < -0.3 is 19.7 Å². The zero-order valence-electron chi connectivity index (χ0n) is 17.8. The monoisotopic (exact) mass is 418 g/mol. The number of amides is 2. The minimum Gasteiger partial charge on any atom is -0.376 e. The molecule has 0 radical (unpaired) electrons. The highest BCUT2D eigenvalue weighted by Crippen LogP contribution is 2.63. The summed E-state index contributed by atoms with van der Waals surface area (Å²) in [5, 5.41) is 3.00. The molecule has 0 saturated heterocycles. The average molecular weight is 419 g/mol. The molecule has 4 atom stereocenters. The molecule has 0 aromatic heterocycles. The van der Waals surface area contributed by atoms with Crippen molar-refractivity contribution in [1.29, 1.82) is 0 Å². The highest BCUT2D eigenvalue weighted by molar-refractivity contribution is 5.76. The number of hydrogen-bond acceptors (Lipinski definition) is 3. The maximum Gasteiger partial charge on any atom is 0.318 e. The molecule has 1 aliphatic heterocycles. The predicted molar refractivity (Wildman–Crippen MR) is 119 cm³/mol. The van der Waals surface area contributed by atoms with Crippen molar-refractivity contribution in [3.63, 3.8) is 0 Å². The minimum atomic E-state index is -0.0963. The number of fused-ring (bicyclic) bond motifs is 1. The van der Waals surface area contributed by atoms with Crippen molar-refractivity contribution in [2.45, 2.75) is 37.7 Å². The van der Waals surface area contributed by atoms with Gasteiger partial charge in [0, 0.05) is 19.0 Å². The van der Waals surface area contributed by atoms with Crippen molar-refractivity contribution in [3.8, 4) is 0 Å². The number of nitrogens with one attached hydrogen (secondary N) is 1. The van der Waals surface area contributed by atoms with Gasteiger partial charge in [0.15, 0.2) is 0 Å². The van der Waals surface area contributed by atoms with E-state index in [0.717, 1.165) is 12.8 Å². The van der Waals surface area contributed by atoms with Gasteiger partial charge in [-0.05, 0) is 29.9 Å². The number of carbonyl (C=O) groups excluding carboxylic acids is 1. The number of ether oxygens (including phenoxy) is 2. The number of benzene rings is 2. The van der Waals surface area contributed by atoms with Gasteiger partial charge in [-0.1, -0.05) is 72.8 Å². The topological polar surface area (TPSA) is 50.8 Å². The van der Waals surface area contributed by atoms with Crippen LogP contribution in [0.1, 0.15) is 24.0 Å². The molecule has 2 saturated carbocycles. The van der Waals surface area contributed by atoms with E-state index in [2.05, 4.69) is 35.7 Å². The maximum absolute atomic E-state index is 12.7. The minimum absolute atomic E-state index is 0.0418. The van der Waals surface area contributed by atoms with Gasteiger partial charge in [0.1, 0.15) is 0 Å². The van der Waals surface area contributed by atoms with E-state index < -0.39 is 0 Å². The Morgan fingerprint density at radius 3 is 2.39 bits per heavy atom. The Hall–Kier alpha value is -2.63. The zero-order chi connectivity index (χ0) is 21.1. The molecule has 5 heteroatoms. The van der Waals surface area contributed by atoms with Crippen LogP contribution in [0.5, 0.6) is 0 Å². The van der Waals surface area contributed by atoms with Crippen LogP contribution in [-0.4, -0.2) is 42.3 Å². The van der Waals surface area contributed by atoms with Crippen LogP contribution >= 0.6 is 0 Å². The summed E-state index contributed by atoms with van der Waals surface area (Å²) in [4.78, 5) is 14.8. The molecular formula is C26H30N2O3. The second kappa shape index (κ2) is 8.85. The summed E-state index contributed by atoms with van der Waals surface area (Å²) in [5.41, 5.74) is 2.26. The molecule has 0 spiro atoms. The Kier molecular flexibility index (Phi) is 5.79. The highest BCUT2D eigenvalue weighted by Gasteiger charge is 2.69. The molecule has 3 aliphatic rings. The third-order valence-corrected chi connectivity index (χ3v) is 6.99. The van der Waals surface area contributed by atoms with Crippen molar-refractivity contribution in [3.05, 3.63) is 83.9 Å². The van der Waals surface area contributed by atoms with E-state index in [1.807, 2.05) is 47.4 Å². The molecule has 2 fully saturated rings. The van der Waals surface area contributed by atoms with Gasteiger partial charge in [-0.15, -0.1) is 0 Å². The molecule has 5 rings (SSSR count). The molecule has 2 aromatic carbocycles. The molecule has 2 amide bonds. The second-order valence-electron chi connectivity index (χ2n) is 8.89. The largest absolute Gasteiger partial charge is 0.376 e. The molecule has 2 aromatic rings. The molecule has 5 nitrogen and oxygen atoms in total. The standard InChI is InChI=1S/C26H30N2O3/c29-25-27-13-7-8-14-28(25)26-15-23(26)22(19-30-17-20-9-3-1-4-10-20)24(16-26)31-18-21-11-5-2-6-12-21/h1-12,22-24H,13-19H2,(H,27,29)/t22-,23-,24-,26-/m0/s1. The lowest BCUT2D eigenvalue weighted by atomic mass is 10.0. The Morgan fingerprint density at radius 1 is 0.935 bits per heavy atom. The van der Waals surface area contributed by atoms with Crippen LogP contribution in [0.3, 0.4) is 0 Å². The molecule has 162 valence electrons. The summed E-state index contributed by atoms with van der Waals surface area (Å²) in [6.07, 6.45) is 6.14. The van der Waals surface area contributed by atoms with E-state index in [-0.39, 0.29) is 17.7 Å². The molecular weight excluding hydrogens is 388 g/mol. The van der Waals surface area contributed by atoms with Crippen LogP contribution in [0.25, 0.3) is 0 Å². The smallest absolute Gasteiger partial charge is 0.318 e. The van der Waals surface area contributed by atoms with Crippen LogP contribution in [0.4, 0.5) is 4.79 Å². The van der Waals surface area contributed by atoms with Crippen molar-refractivity contribution < 1.29 is 14.3 Å². The lowest BCUT2D eigenvalue weighted by Gasteiger charge is -2.30. The first-order valence-electron chi connectivity index (χ1n) is 11.2. The van der Waals surface area contributed by atoms with Crippen molar-refractivity contribution >= 4 is 6.03 Å². The first-order valence-corrected chi connectivity index (χ1v) is 11.2. The molecule has 2 aliphatic carbocycles. The number of nitrogens with zero attached hydrogens (tertiary/aromatic N) is 1. The van der Waals surface area contributed by atoms with Crippen molar-refractivity contribution in [2.24, 2.45) is 11.8 Å². The van der Waals surface area contributed by atoms with E-state index in [4.69, 9.17) is 9.47 Å². The molecule has 31 heavy (non-hydrogen) atoms. The van der Waals surface area contributed by atoms with Crippen molar-refractivity contribution in [1.82, 2.24) is 10.2 Å². The van der Waals surface area contributed by atoms with Crippen LogP contribution in [0.2, 0.25) is 0 Å². The SMILES string of the molecule is O=C1NCC=CCN1[C@@]12C[C@H](OCc3ccccc3)[C@@H](COCc3ccccc3)[C@@H]1C2. The van der Waals surface area contributed by atoms with Gasteiger partial charge in [-0.25, -0.2) is 4.79 Å². The van der Waals surface area contributed by atoms with Gasteiger partial charge in [0.05, 0.1) is 31.5 Å². The normalized spacial score (nSPS) is 29.4. The number of carbonyl (C=O) groups is 1. The summed E-state index contributed by atoms with van der Waals surface area (Å²) < 4.78 is 12.6. The quantitative estimate of drug-likeness (QED) is 0.656. The Labute approximate surface area is 184 Å². The summed E-state index contributed by atoms with van der Waals surface area (Å²) in [6, 6.07) is 20.6. The first kappa shape index (κ1) is 20.3. The summed E-state index contributed by atoms with van der Waals surface area (Å²) in [6.45, 7) is 3.13. The zero-order valence-corrected chi connectivity index (χ0v) is 17.8. The fourth-order valence-electron chi connectivity index (χ4n) is 5.33. The first-order chi connectivity index (χ1) is 15.3. The van der Waals surface area contributed by atoms with Gasteiger partial charge in [0.25, 0.3) is 0 Å². The second-order valence-corrected chi connectivity index (χ2v) is 8.89. The Bertz CT molecular complexity index is 917. The van der Waals surface area contributed by atoms with Crippen LogP contribution < -0.4 is 5.32 Å². The molecule has 1 heterocycles. The fourth-order valence-corrected chi connectivity index (χ4v) is 5.33. The van der Waals surface area contributed by atoms with Crippen LogP contribution in [0, 0.1) is 11.8 Å². The summed E-state index contributed by atoms with van der Waals surface area (Å²) in [7, 11) is 0. The van der Waals surface area contributed by atoms with E-state index >= 15 is 0 Å². The fraction of sp³-hybridized carbons (Fsp3) is 0.423. The lowest BCUT2D eigenvalue weighted by Crippen LogP contribution is -2.47. The average Bonchev–Trinajstić information content (AvgIpc) is 3.49. The number of urea groups is 1. The number of rotatable bonds is 8. The van der Waals surface area contributed by atoms with Gasteiger partial charge in [0.2, 0.25) is 0 Å². The Morgan fingerprint density at radius 2 is 1.65 bits per heavy atom. The highest BCUT2D eigenvalue weighted by atomic mass is 16.5. The van der Waals surface area contributed by atoms with E-state index in [1.165, 1.54) is 11.1 Å². The summed E-state index contributed by atoms with van der Waals surface area (Å²) in [5.74, 6) is 0.730. The molecule has 0 bridgehead atoms. The van der Waals surface area contributed by atoms with E-state index in [9.17, 15) is 4.79 Å². The predicted octanol–water partition coefficient (Wildman–Crippen LogP) is 4.15. The number of hydrogen-bond donors (Lipinski definition) is 1. The maximum atomic E-state index is 12.7. The van der Waals surface area contributed by atoms with E-state index in [0.29, 0.717) is 44.7 Å². The summed E-state index contributed by atoms with van der Waals surface area (Å²) >= 11 is 0. The van der Waals surface area contributed by atoms with E-state index in [1.54, 1.807) is 0 Å². The van der Waals surface area contributed by atoms with Gasteiger partial charge >= 0.3 is 6.03 Å².